The number of nitrogens with zero attached hydrogens (tertiary/aromatic N) is 3. The van der Waals surface area contributed by atoms with E-state index in [4.69, 9.17) is 0 Å². The molecular formula is C21H25N3O2. The maximum absolute atomic E-state index is 12.6. The van der Waals surface area contributed by atoms with Crippen LogP contribution in [0, 0.1) is 11.8 Å². The molecule has 1 heterocycles. The Morgan fingerprint density at radius 1 is 0.923 bits per heavy atom. The summed E-state index contributed by atoms with van der Waals surface area (Å²) in [5, 5.41) is 0. The molecule has 0 aliphatic heterocycles. The normalized spacial score (nSPS) is 18.2. The molecule has 1 aromatic carbocycles. The van der Waals surface area contributed by atoms with E-state index in [1.165, 1.54) is 0 Å². The minimum atomic E-state index is -0.167. The fourth-order valence-electron chi connectivity index (χ4n) is 3.20. The lowest BCUT2D eigenvalue weighted by molar-refractivity contribution is -0.136. The van der Waals surface area contributed by atoms with Crippen LogP contribution in [0.3, 0.4) is 0 Å². The van der Waals surface area contributed by atoms with Crippen molar-refractivity contribution in [3.8, 4) is 0 Å². The molecule has 1 fully saturated rings. The van der Waals surface area contributed by atoms with Crippen molar-refractivity contribution in [2.45, 2.75) is 19.4 Å². The van der Waals surface area contributed by atoms with Gasteiger partial charge in [-0.3, -0.25) is 14.6 Å². The molecule has 0 bridgehead atoms. The quantitative estimate of drug-likeness (QED) is 0.770. The molecule has 2 unspecified atom stereocenters. The lowest BCUT2D eigenvalue weighted by Crippen LogP contribution is -2.33. The molecule has 1 aliphatic carbocycles. The van der Waals surface area contributed by atoms with Crippen LogP contribution >= 0.6 is 0 Å². The number of aromatic nitrogens is 1. The minimum absolute atomic E-state index is 0.0646. The Kier molecular flexibility index (Phi) is 5.66. The Bertz CT molecular complexity index is 748. The predicted molar refractivity (Wildman–Crippen MR) is 100 cm³/mol. The summed E-state index contributed by atoms with van der Waals surface area (Å²) in [5.74, 6) is -0.192. The van der Waals surface area contributed by atoms with E-state index in [0.29, 0.717) is 19.5 Å². The molecule has 0 spiro atoms. The highest BCUT2D eigenvalue weighted by Gasteiger charge is 2.49. The first-order valence-electron chi connectivity index (χ1n) is 8.99. The molecule has 5 heteroatoms. The highest BCUT2D eigenvalue weighted by molar-refractivity contribution is 5.92. The third-order valence-electron chi connectivity index (χ3n) is 4.93. The van der Waals surface area contributed by atoms with Gasteiger partial charge in [0, 0.05) is 39.6 Å². The SMILES string of the molecule is CN(CCc1ccncc1)C(=O)C1CC1C(=O)N(C)Cc1ccccc1. The molecule has 2 amide bonds. The second kappa shape index (κ2) is 8.13. The van der Waals surface area contributed by atoms with Crippen LogP contribution in [0.2, 0.25) is 0 Å². The molecule has 5 nitrogen and oxygen atoms in total. The molecule has 2 aromatic rings. The van der Waals surface area contributed by atoms with Crippen LogP contribution in [0.15, 0.2) is 54.9 Å². The maximum atomic E-state index is 12.6. The van der Waals surface area contributed by atoms with Gasteiger partial charge in [-0.25, -0.2) is 0 Å². The molecule has 2 atom stereocenters. The van der Waals surface area contributed by atoms with Crippen LogP contribution in [-0.4, -0.2) is 47.2 Å². The molecule has 1 aromatic heterocycles. The van der Waals surface area contributed by atoms with Crippen molar-refractivity contribution in [2.24, 2.45) is 11.8 Å². The zero-order chi connectivity index (χ0) is 18.5. The third kappa shape index (κ3) is 4.48. The van der Waals surface area contributed by atoms with Gasteiger partial charge in [0.2, 0.25) is 11.8 Å². The zero-order valence-electron chi connectivity index (χ0n) is 15.3. The fraction of sp³-hybridized carbons (Fsp3) is 0.381. The second-order valence-corrected chi connectivity index (χ2v) is 6.99. The number of likely N-dealkylation sites (N-methyl/N-ethyl adjacent to an activating group) is 1. The summed E-state index contributed by atoms with van der Waals surface area (Å²) in [4.78, 5) is 32.6. The van der Waals surface area contributed by atoms with Gasteiger partial charge in [-0.15, -0.1) is 0 Å². The van der Waals surface area contributed by atoms with Crippen molar-refractivity contribution in [3.05, 3.63) is 66.0 Å². The van der Waals surface area contributed by atoms with Crippen molar-refractivity contribution >= 4 is 11.8 Å². The molecule has 1 saturated carbocycles. The number of pyridine rings is 1. The Hall–Kier alpha value is -2.69. The van der Waals surface area contributed by atoms with E-state index in [1.807, 2.05) is 56.6 Å². The van der Waals surface area contributed by atoms with Gasteiger partial charge in [-0.1, -0.05) is 30.3 Å². The summed E-state index contributed by atoms with van der Waals surface area (Å²) in [6.45, 7) is 1.23. The Morgan fingerprint density at radius 2 is 1.54 bits per heavy atom. The van der Waals surface area contributed by atoms with Crippen LogP contribution < -0.4 is 0 Å². The van der Waals surface area contributed by atoms with E-state index in [0.717, 1.165) is 17.5 Å². The molecule has 0 N–H and O–H groups in total. The van der Waals surface area contributed by atoms with Gasteiger partial charge >= 0.3 is 0 Å². The predicted octanol–water partition coefficient (Wildman–Crippen LogP) is 2.38. The Balaban J connectivity index is 1.47. The largest absolute Gasteiger partial charge is 0.345 e. The van der Waals surface area contributed by atoms with Gasteiger partial charge in [-0.2, -0.15) is 0 Å². The third-order valence-corrected chi connectivity index (χ3v) is 4.93. The van der Waals surface area contributed by atoms with Crippen LogP contribution in [0.25, 0.3) is 0 Å². The molecule has 136 valence electrons. The zero-order valence-corrected chi connectivity index (χ0v) is 15.3. The Labute approximate surface area is 154 Å². The molecule has 0 radical (unpaired) electrons. The van der Waals surface area contributed by atoms with E-state index in [9.17, 15) is 9.59 Å². The van der Waals surface area contributed by atoms with Gasteiger partial charge in [0.1, 0.15) is 0 Å². The lowest BCUT2D eigenvalue weighted by Gasteiger charge is -2.19. The monoisotopic (exact) mass is 351 g/mol. The van der Waals surface area contributed by atoms with E-state index in [2.05, 4.69) is 4.98 Å². The number of carbonyl (C=O) groups excluding carboxylic acids is 2. The molecule has 1 aliphatic rings. The molecule has 3 rings (SSSR count). The van der Waals surface area contributed by atoms with E-state index in [1.54, 1.807) is 22.2 Å². The summed E-state index contributed by atoms with van der Waals surface area (Å²) in [5.41, 5.74) is 2.26. The smallest absolute Gasteiger partial charge is 0.226 e. The van der Waals surface area contributed by atoms with Crippen LogP contribution in [0.4, 0.5) is 0 Å². The summed E-state index contributed by atoms with van der Waals surface area (Å²) in [6, 6.07) is 13.8. The summed E-state index contributed by atoms with van der Waals surface area (Å²) >= 11 is 0. The van der Waals surface area contributed by atoms with Gasteiger partial charge < -0.3 is 9.80 Å². The number of benzene rings is 1. The number of rotatable bonds is 7. The van der Waals surface area contributed by atoms with E-state index in [-0.39, 0.29) is 23.7 Å². The van der Waals surface area contributed by atoms with Crippen molar-refractivity contribution in [1.29, 1.82) is 0 Å². The Morgan fingerprint density at radius 3 is 2.19 bits per heavy atom. The first-order chi connectivity index (χ1) is 12.6. The van der Waals surface area contributed by atoms with Crippen molar-refractivity contribution in [2.75, 3.05) is 20.6 Å². The number of hydrogen-bond acceptors (Lipinski definition) is 3. The number of carbonyl (C=O) groups is 2. The van der Waals surface area contributed by atoms with E-state index < -0.39 is 0 Å². The highest BCUT2D eigenvalue weighted by atomic mass is 16.2. The van der Waals surface area contributed by atoms with Crippen molar-refractivity contribution in [1.82, 2.24) is 14.8 Å². The first-order valence-corrected chi connectivity index (χ1v) is 8.99. The average Bonchev–Trinajstić information content (AvgIpc) is 3.47. The van der Waals surface area contributed by atoms with Gasteiger partial charge in [0.25, 0.3) is 0 Å². The van der Waals surface area contributed by atoms with Gasteiger partial charge in [-0.05, 0) is 36.1 Å². The molecule has 0 saturated heterocycles. The van der Waals surface area contributed by atoms with Crippen LogP contribution in [-0.2, 0) is 22.6 Å². The summed E-state index contributed by atoms with van der Waals surface area (Å²) in [6.07, 6.45) is 4.98. The number of amides is 2. The van der Waals surface area contributed by atoms with Crippen LogP contribution in [0.1, 0.15) is 17.5 Å². The second-order valence-electron chi connectivity index (χ2n) is 6.99. The van der Waals surface area contributed by atoms with Crippen molar-refractivity contribution in [3.63, 3.8) is 0 Å². The standard InChI is InChI=1S/C21H25N3O2/c1-23(13-10-16-8-11-22-12-9-16)20(25)18-14-19(18)21(26)24(2)15-17-6-4-3-5-7-17/h3-9,11-12,18-19H,10,13-15H2,1-2H3. The van der Waals surface area contributed by atoms with Crippen molar-refractivity contribution < 1.29 is 9.59 Å². The first kappa shape index (κ1) is 18.1. The van der Waals surface area contributed by atoms with E-state index >= 15 is 0 Å². The molecular weight excluding hydrogens is 326 g/mol. The summed E-state index contributed by atoms with van der Waals surface area (Å²) < 4.78 is 0. The fourth-order valence-corrected chi connectivity index (χ4v) is 3.20. The van der Waals surface area contributed by atoms with Crippen LogP contribution in [0.5, 0.6) is 0 Å². The topological polar surface area (TPSA) is 53.5 Å². The number of hydrogen-bond donors (Lipinski definition) is 0. The highest BCUT2D eigenvalue weighted by Crippen LogP contribution is 2.41. The maximum Gasteiger partial charge on any atom is 0.226 e. The van der Waals surface area contributed by atoms with Gasteiger partial charge in [0.15, 0.2) is 0 Å². The molecule has 26 heavy (non-hydrogen) atoms. The minimum Gasteiger partial charge on any atom is -0.345 e. The average molecular weight is 351 g/mol. The lowest BCUT2D eigenvalue weighted by atomic mass is 10.2. The summed E-state index contributed by atoms with van der Waals surface area (Å²) in [7, 11) is 3.62. The van der Waals surface area contributed by atoms with Gasteiger partial charge in [0.05, 0.1) is 11.8 Å².